The van der Waals surface area contributed by atoms with Gasteiger partial charge in [-0.25, -0.2) is 9.97 Å². The number of nitrogens with zero attached hydrogens (tertiary/aromatic N) is 4. The Kier molecular flexibility index (Phi) is 5.58. The van der Waals surface area contributed by atoms with Crippen LogP contribution in [0.2, 0.25) is 5.02 Å². The second kappa shape index (κ2) is 8.14. The van der Waals surface area contributed by atoms with Crippen LogP contribution in [0.4, 0.5) is 0 Å². The zero-order valence-corrected chi connectivity index (χ0v) is 18.2. The van der Waals surface area contributed by atoms with Crippen molar-refractivity contribution in [3.8, 4) is 0 Å². The van der Waals surface area contributed by atoms with Gasteiger partial charge in [0.25, 0.3) is 11.1 Å². The van der Waals surface area contributed by atoms with Crippen LogP contribution in [0.3, 0.4) is 0 Å². The van der Waals surface area contributed by atoms with Crippen molar-refractivity contribution in [1.29, 1.82) is 0 Å². The Hall–Kier alpha value is -2.42. The van der Waals surface area contributed by atoms with E-state index in [1.807, 2.05) is 6.07 Å². The number of fused-ring (bicyclic) bond motifs is 2. The summed E-state index contributed by atoms with van der Waals surface area (Å²) in [6.07, 6.45) is 3.32. The molecule has 4 rings (SSSR count). The van der Waals surface area contributed by atoms with E-state index in [1.54, 1.807) is 41.1 Å². The molecule has 0 fully saturated rings. The van der Waals surface area contributed by atoms with Gasteiger partial charge in [-0.1, -0.05) is 29.4 Å². The van der Waals surface area contributed by atoms with E-state index < -0.39 is 0 Å². The molecule has 0 aliphatic carbocycles. The third-order valence-corrected chi connectivity index (χ3v) is 5.93. The monoisotopic (exact) mass is 488 g/mol. The number of thioether (sulfide) groups is 1. The summed E-state index contributed by atoms with van der Waals surface area (Å²) in [5.41, 5.74) is 1.35. The van der Waals surface area contributed by atoms with Crippen LogP contribution in [-0.4, -0.2) is 18.9 Å². The van der Waals surface area contributed by atoms with Gasteiger partial charge in [-0.3, -0.25) is 18.6 Å². The smallest absolute Gasteiger partial charge is 0.262 e. The highest BCUT2D eigenvalue weighted by atomic mass is 79.9. The molecule has 146 valence electrons. The molecular weight excluding hydrogens is 476 g/mol. The molecule has 0 aliphatic heterocycles. The van der Waals surface area contributed by atoms with Gasteiger partial charge in [-0.05, 0) is 46.3 Å². The molecule has 0 amide bonds. The Morgan fingerprint density at radius 1 is 1.17 bits per heavy atom. The number of allylic oxidation sites excluding steroid dienone is 1. The number of halogens is 2. The van der Waals surface area contributed by atoms with Crippen molar-refractivity contribution < 1.29 is 0 Å². The first-order valence-corrected chi connectivity index (χ1v) is 10.7. The first kappa shape index (κ1) is 19.9. The highest BCUT2D eigenvalue weighted by Gasteiger charge is 2.12. The van der Waals surface area contributed by atoms with E-state index in [1.165, 1.54) is 22.2 Å². The standard InChI is InChI=1S/C20H14BrClN4O2S/c1-2-7-25-19(28)15-5-4-13(22)8-16(15)24-20(25)29-11-14-9-18(27)26-10-12(21)3-6-17(26)23-14/h2-6,8-10H,1,7,11H2. The third-order valence-electron chi connectivity index (χ3n) is 4.22. The molecule has 0 unspecified atom stereocenters. The molecule has 0 saturated heterocycles. The fourth-order valence-electron chi connectivity index (χ4n) is 2.91. The van der Waals surface area contributed by atoms with Crippen molar-refractivity contribution >= 4 is 55.8 Å². The Morgan fingerprint density at radius 3 is 2.79 bits per heavy atom. The van der Waals surface area contributed by atoms with Crippen molar-refractivity contribution in [2.75, 3.05) is 0 Å². The van der Waals surface area contributed by atoms with Crippen molar-refractivity contribution in [1.82, 2.24) is 18.9 Å². The highest BCUT2D eigenvalue weighted by Crippen LogP contribution is 2.23. The molecule has 6 nitrogen and oxygen atoms in total. The van der Waals surface area contributed by atoms with Gasteiger partial charge in [0.2, 0.25) is 0 Å². The van der Waals surface area contributed by atoms with Gasteiger partial charge in [0.1, 0.15) is 5.65 Å². The predicted octanol–water partition coefficient (Wildman–Crippen LogP) is 4.30. The maximum absolute atomic E-state index is 12.9. The molecule has 4 aromatic rings. The van der Waals surface area contributed by atoms with Crippen molar-refractivity contribution in [2.24, 2.45) is 0 Å². The zero-order chi connectivity index (χ0) is 20.5. The van der Waals surface area contributed by atoms with Crippen LogP contribution in [0.5, 0.6) is 0 Å². The highest BCUT2D eigenvalue weighted by molar-refractivity contribution is 9.10. The fourth-order valence-corrected chi connectivity index (χ4v) is 4.32. The summed E-state index contributed by atoms with van der Waals surface area (Å²) in [5, 5.41) is 1.52. The Balaban J connectivity index is 1.74. The first-order chi connectivity index (χ1) is 14.0. The predicted molar refractivity (Wildman–Crippen MR) is 120 cm³/mol. The minimum atomic E-state index is -0.173. The maximum Gasteiger partial charge on any atom is 0.262 e. The van der Waals surface area contributed by atoms with E-state index in [2.05, 4.69) is 32.5 Å². The molecule has 0 spiro atoms. The van der Waals surface area contributed by atoms with Crippen LogP contribution in [0.1, 0.15) is 5.69 Å². The number of hydrogen-bond acceptors (Lipinski definition) is 5. The van der Waals surface area contributed by atoms with Gasteiger partial charge in [0.15, 0.2) is 5.16 Å². The lowest BCUT2D eigenvalue weighted by molar-refractivity contribution is 0.671. The molecule has 0 radical (unpaired) electrons. The third kappa shape index (κ3) is 4.01. The van der Waals surface area contributed by atoms with E-state index in [0.29, 0.717) is 44.7 Å². The number of aromatic nitrogens is 4. The molecule has 0 N–H and O–H groups in total. The van der Waals surface area contributed by atoms with Crippen LogP contribution >= 0.6 is 39.3 Å². The lowest BCUT2D eigenvalue weighted by Crippen LogP contribution is -2.23. The van der Waals surface area contributed by atoms with E-state index in [4.69, 9.17) is 11.6 Å². The first-order valence-electron chi connectivity index (χ1n) is 8.58. The molecule has 3 heterocycles. The second-order valence-corrected chi connectivity index (χ2v) is 8.50. The summed E-state index contributed by atoms with van der Waals surface area (Å²) >= 11 is 10.7. The van der Waals surface area contributed by atoms with Crippen LogP contribution in [-0.2, 0) is 12.3 Å². The zero-order valence-electron chi connectivity index (χ0n) is 15.0. The average Bonchev–Trinajstić information content (AvgIpc) is 2.69. The summed E-state index contributed by atoms with van der Waals surface area (Å²) in [7, 11) is 0. The minimum Gasteiger partial charge on any atom is -0.283 e. The lowest BCUT2D eigenvalue weighted by Gasteiger charge is -2.11. The average molecular weight is 490 g/mol. The number of pyridine rings is 1. The number of hydrogen-bond donors (Lipinski definition) is 0. The molecule has 0 aliphatic rings. The molecule has 9 heteroatoms. The quantitative estimate of drug-likeness (QED) is 0.237. The van der Waals surface area contributed by atoms with Crippen LogP contribution in [0, 0.1) is 0 Å². The summed E-state index contributed by atoms with van der Waals surface area (Å²) in [5.74, 6) is 0.386. The molecule has 29 heavy (non-hydrogen) atoms. The Morgan fingerprint density at radius 2 is 2.00 bits per heavy atom. The molecule has 1 aromatic carbocycles. The van der Waals surface area contributed by atoms with Gasteiger partial charge in [-0.2, -0.15) is 0 Å². The maximum atomic E-state index is 12.9. The van der Waals surface area contributed by atoms with Crippen LogP contribution < -0.4 is 11.1 Å². The Bertz CT molecular complexity index is 1380. The number of rotatable bonds is 5. The van der Waals surface area contributed by atoms with E-state index in [-0.39, 0.29) is 11.1 Å². The molecule has 3 aromatic heterocycles. The SMILES string of the molecule is C=CCn1c(SCc2cc(=O)n3cc(Br)ccc3n2)nc2cc(Cl)ccc2c1=O. The molecular formula is C20H14BrClN4O2S. The fraction of sp³-hybridized carbons (Fsp3) is 0.100. The van der Waals surface area contributed by atoms with Crippen LogP contribution in [0.25, 0.3) is 16.6 Å². The van der Waals surface area contributed by atoms with Crippen molar-refractivity contribution in [3.63, 3.8) is 0 Å². The van der Waals surface area contributed by atoms with E-state index in [9.17, 15) is 9.59 Å². The van der Waals surface area contributed by atoms with Gasteiger partial charge >= 0.3 is 0 Å². The van der Waals surface area contributed by atoms with Gasteiger partial charge in [0.05, 0.1) is 16.6 Å². The molecule has 0 atom stereocenters. The summed E-state index contributed by atoms with van der Waals surface area (Å²) in [4.78, 5) is 34.4. The second-order valence-electron chi connectivity index (χ2n) is 6.21. The minimum absolute atomic E-state index is 0.162. The van der Waals surface area contributed by atoms with Crippen molar-refractivity contribution in [2.45, 2.75) is 17.5 Å². The van der Waals surface area contributed by atoms with Crippen molar-refractivity contribution in [3.05, 3.63) is 91.1 Å². The topological polar surface area (TPSA) is 69.3 Å². The van der Waals surface area contributed by atoms with E-state index >= 15 is 0 Å². The summed E-state index contributed by atoms with van der Waals surface area (Å²) in [6.45, 7) is 4.05. The Labute approximate surface area is 183 Å². The van der Waals surface area contributed by atoms with Gasteiger partial charge in [-0.15, -0.1) is 6.58 Å². The normalized spacial score (nSPS) is 11.2. The van der Waals surface area contributed by atoms with E-state index in [0.717, 1.165) is 4.47 Å². The van der Waals surface area contributed by atoms with Gasteiger partial charge in [0, 0.05) is 34.1 Å². The molecule has 0 saturated carbocycles. The molecule has 0 bridgehead atoms. The number of benzene rings is 1. The summed E-state index contributed by atoms with van der Waals surface area (Å²) in [6, 6.07) is 10.1. The van der Waals surface area contributed by atoms with Gasteiger partial charge < -0.3 is 0 Å². The largest absolute Gasteiger partial charge is 0.283 e. The van der Waals surface area contributed by atoms with Crippen LogP contribution in [0.15, 0.2) is 74.5 Å². The summed E-state index contributed by atoms with van der Waals surface area (Å²) < 4.78 is 3.82. The lowest BCUT2D eigenvalue weighted by atomic mass is 10.2.